The van der Waals surface area contributed by atoms with Crippen LogP contribution in [0.2, 0.25) is 0 Å². The first-order chi connectivity index (χ1) is 9.11. The Balaban J connectivity index is 2.18. The van der Waals surface area contributed by atoms with E-state index in [1.54, 1.807) is 0 Å². The van der Waals surface area contributed by atoms with Crippen LogP contribution in [0.3, 0.4) is 0 Å². The Morgan fingerprint density at radius 2 is 2.05 bits per heavy atom. The maximum absolute atomic E-state index is 13.2. The minimum absolute atomic E-state index is 0.108. The minimum atomic E-state index is -0.869. The number of hydrogen-bond donors (Lipinski definition) is 1. The molecule has 1 N–H and O–H groups in total. The maximum atomic E-state index is 13.2. The summed E-state index contributed by atoms with van der Waals surface area (Å²) in [5, 5.41) is 12.9. The molecule has 1 aromatic carbocycles. The molecule has 0 amide bonds. The van der Waals surface area contributed by atoms with E-state index in [9.17, 15) is 8.78 Å². The highest BCUT2D eigenvalue weighted by Crippen LogP contribution is 2.27. The summed E-state index contributed by atoms with van der Waals surface area (Å²) in [5.41, 5.74) is 0.547. The van der Waals surface area contributed by atoms with E-state index in [1.165, 1.54) is 17.4 Å². The normalized spacial score (nSPS) is 12.6. The van der Waals surface area contributed by atoms with E-state index < -0.39 is 11.6 Å². The van der Waals surface area contributed by atoms with Gasteiger partial charge in [0.1, 0.15) is 10.0 Å². The van der Waals surface area contributed by atoms with Gasteiger partial charge in [-0.05, 0) is 38.1 Å². The van der Waals surface area contributed by atoms with E-state index in [4.69, 9.17) is 0 Å². The first-order valence-corrected chi connectivity index (χ1v) is 6.95. The quantitative estimate of drug-likeness (QED) is 0.912. The Hall–Kier alpha value is -1.40. The fourth-order valence-electron chi connectivity index (χ4n) is 1.60. The molecule has 0 aliphatic heterocycles. The summed E-state index contributed by atoms with van der Waals surface area (Å²) in [6, 6.07) is 3.86. The highest BCUT2D eigenvalue weighted by atomic mass is 32.1. The third-order valence-electron chi connectivity index (χ3n) is 2.68. The molecule has 0 spiro atoms. The van der Waals surface area contributed by atoms with Crippen molar-refractivity contribution in [3.05, 3.63) is 34.8 Å². The van der Waals surface area contributed by atoms with Gasteiger partial charge < -0.3 is 5.32 Å². The lowest BCUT2D eigenvalue weighted by Crippen LogP contribution is -2.18. The van der Waals surface area contributed by atoms with Crippen molar-refractivity contribution in [2.45, 2.75) is 26.3 Å². The van der Waals surface area contributed by atoms with Crippen LogP contribution in [0.5, 0.6) is 0 Å². The average Bonchev–Trinajstić information content (AvgIpc) is 2.89. The molecule has 1 aromatic heterocycles. The van der Waals surface area contributed by atoms with Gasteiger partial charge in [-0.1, -0.05) is 18.3 Å². The first-order valence-electron chi connectivity index (χ1n) is 6.14. The molecule has 0 radical (unpaired) electrons. The molecule has 2 aromatic rings. The van der Waals surface area contributed by atoms with Crippen LogP contribution in [-0.2, 0) is 0 Å². The van der Waals surface area contributed by atoms with Crippen molar-refractivity contribution < 1.29 is 8.78 Å². The smallest absolute Gasteiger partial charge is 0.159 e. The van der Waals surface area contributed by atoms with Crippen molar-refractivity contribution in [2.75, 3.05) is 6.54 Å². The van der Waals surface area contributed by atoms with Gasteiger partial charge in [-0.2, -0.15) is 0 Å². The molecule has 0 fully saturated rings. The van der Waals surface area contributed by atoms with Gasteiger partial charge in [0.25, 0.3) is 0 Å². The van der Waals surface area contributed by atoms with Gasteiger partial charge in [0.2, 0.25) is 0 Å². The summed E-state index contributed by atoms with van der Waals surface area (Å²) < 4.78 is 26.0. The van der Waals surface area contributed by atoms with E-state index in [1.807, 2.05) is 6.92 Å². The zero-order valence-corrected chi connectivity index (χ0v) is 11.6. The molecule has 102 valence electrons. The molecule has 0 aliphatic rings. The molecular formula is C13H15F2N3S. The number of hydrogen-bond acceptors (Lipinski definition) is 4. The monoisotopic (exact) mass is 283 g/mol. The third kappa shape index (κ3) is 3.33. The van der Waals surface area contributed by atoms with Gasteiger partial charge in [-0.15, -0.1) is 10.2 Å². The van der Waals surface area contributed by atoms with Crippen molar-refractivity contribution >= 4 is 11.3 Å². The largest absolute Gasteiger partial charge is 0.308 e. The summed E-state index contributed by atoms with van der Waals surface area (Å²) in [6.45, 7) is 5.00. The molecule has 19 heavy (non-hydrogen) atoms. The maximum Gasteiger partial charge on any atom is 0.159 e. The lowest BCUT2D eigenvalue weighted by Gasteiger charge is -2.08. The van der Waals surface area contributed by atoms with Crippen molar-refractivity contribution in [1.82, 2.24) is 15.5 Å². The van der Waals surface area contributed by atoms with Crippen LogP contribution in [0.25, 0.3) is 10.6 Å². The molecule has 0 bridgehead atoms. The number of rotatable bonds is 5. The predicted octanol–water partition coefficient (Wildman–Crippen LogP) is 3.54. The molecular weight excluding hydrogens is 268 g/mol. The highest BCUT2D eigenvalue weighted by molar-refractivity contribution is 7.14. The van der Waals surface area contributed by atoms with Crippen molar-refractivity contribution in [1.29, 1.82) is 0 Å². The second kappa shape index (κ2) is 6.16. The summed E-state index contributed by atoms with van der Waals surface area (Å²) in [4.78, 5) is 0. The third-order valence-corrected chi connectivity index (χ3v) is 3.83. The van der Waals surface area contributed by atoms with Gasteiger partial charge in [0.15, 0.2) is 11.6 Å². The zero-order chi connectivity index (χ0) is 13.8. The second-order valence-corrected chi connectivity index (χ2v) is 5.26. The SMILES string of the molecule is CCCNC(C)c1nnc(-c2ccc(F)c(F)c2)s1. The van der Waals surface area contributed by atoms with Crippen molar-refractivity contribution in [2.24, 2.45) is 0 Å². The fourth-order valence-corrected chi connectivity index (χ4v) is 2.47. The summed E-state index contributed by atoms with van der Waals surface area (Å²) >= 11 is 1.39. The molecule has 1 heterocycles. The van der Waals surface area contributed by atoms with Crippen LogP contribution in [0.15, 0.2) is 18.2 Å². The Kier molecular flexibility index (Phi) is 4.55. The van der Waals surface area contributed by atoms with E-state index in [0.717, 1.165) is 30.1 Å². The van der Waals surface area contributed by atoms with Crippen LogP contribution in [0, 0.1) is 11.6 Å². The topological polar surface area (TPSA) is 37.8 Å². The second-order valence-electron chi connectivity index (χ2n) is 4.25. The Bertz CT molecular complexity index is 557. The van der Waals surface area contributed by atoms with Gasteiger partial charge in [-0.25, -0.2) is 8.78 Å². The number of benzene rings is 1. The van der Waals surface area contributed by atoms with Gasteiger partial charge in [-0.3, -0.25) is 0 Å². The molecule has 1 unspecified atom stereocenters. The van der Waals surface area contributed by atoms with Crippen LogP contribution in [0.4, 0.5) is 8.78 Å². The van der Waals surface area contributed by atoms with Crippen LogP contribution in [0.1, 0.15) is 31.3 Å². The Morgan fingerprint density at radius 1 is 1.26 bits per heavy atom. The predicted molar refractivity (Wildman–Crippen MR) is 72.0 cm³/mol. The van der Waals surface area contributed by atoms with Crippen molar-refractivity contribution in [3.63, 3.8) is 0 Å². The van der Waals surface area contributed by atoms with E-state index >= 15 is 0 Å². The fraction of sp³-hybridized carbons (Fsp3) is 0.385. The van der Waals surface area contributed by atoms with E-state index in [2.05, 4.69) is 22.4 Å². The Morgan fingerprint density at radius 3 is 2.74 bits per heavy atom. The minimum Gasteiger partial charge on any atom is -0.308 e. The molecule has 1 atom stereocenters. The summed E-state index contributed by atoms with van der Waals surface area (Å²) in [7, 11) is 0. The van der Waals surface area contributed by atoms with Crippen LogP contribution >= 0.6 is 11.3 Å². The van der Waals surface area contributed by atoms with Crippen LogP contribution in [-0.4, -0.2) is 16.7 Å². The molecule has 0 saturated heterocycles. The van der Waals surface area contributed by atoms with E-state index in [0.29, 0.717) is 10.6 Å². The standard InChI is InChI=1S/C13H15F2N3S/c1-3-6-16-8(2)12-17-18-13(19-12)9-4-5-10(14)11(15)7-9/h4-5,7-8,16H,3,6H2,1-2H3. The highest BCUT2D eigenvalue weighted by Gasteiger charge is 2.13. The number of nitrogens with zero attached hydrogens (tertiary/aromatic N) is 2. The zero-order valence-electron chi connectivity index (χ0n) is 10.8. The lowest BCUT2D eigenvalue weighted by atomic mass is 10.2. The van der Waals surface area contributed by atoms with Gasteiger partial charge >= 0.3 is 0 Å². The average molecular weight is 283 g/mol. The van der Waals surface area contributed by atoms with E-state index in [-0.39, 0.29) is 6.04 Å². The molecule has 3 nitrogen and oxygen atoms in total. The Labute approximate surface area is 114 Å². The number of halogens is 2. The molecule has 0 saturated carbocycles. The molecule has 2 rings (SSSR count). The number of nitrogens with one attached hydrogen (secondary N) is 1. The first kappa shape index (κ1) is 14.0. The number of aromatic nitrogens is 2. The molecule has 6 heteroatoms. The molecule has 0 aliphatic carbocycles. The van der Waals surface area contributed by atoms with Crippen LogP contribution < -0.4 is 5.32 Å². The van der Waals surface area contributed by atoms with Gasteiger partial charge in [0, 0.05) is 5.56 Å². The van der Waals surface area contributed by atoms with Gasteiger partial charge in [0.05, 0.1) is 6.04 Å². The summed E-state index contributed by atoms with van der Waals surface area (Å²) in [6.07, 6.45) is 1.04. The lowest BCUT2D eigenvalue weighted by molar-refractivity contribution is 0.509. The van der Waals surface area contributed by atoms with Crippen molar-refractivity contribution in [3.8, 4) is 10.6 Å². The summed E-state index contributed by atoms with van der Waals surface area (Å²) in [5.74, 6) is -1.72.